The summed E-state index contributed by atoms with van der Waals surface area (Å²) in [6.07, 6.45) is 4.01. The van der Waals surface area contributed by atoms with E-state index in [4.69, 9.17) is 14.2 Å². The van der Waals surface area contributed by atoms with Crippen LogP contribution in [-0.2, 0) is 23.0 Å². The number of rotatable bonds is 3. The molecule has 3 rings (SSSR count). The van der Waals surface area contributed by atoms with Crippen molar-refractivity contribution in [2.45, 2.75) is 43.1 Å². The number of halogens is 1. The van der Waals surface area contributed by atoms with Gasteiger partial charge in [0.25, 0.3) is 0 Å². The molecule has 0 aromatic carbocycles. The molecule has 0 aliphatic carbocycles. The van der Waals surface area contributed by atoms with Crippen molar-refractivity contribution in [1.29, 1.82) is 0 Å². The number of ether oxygens (including phenoxy) is 3. The molecule has 0 saturated carbocycles. The van der Waals surface area contributed by atoms with Gasteiger partial charge in [-0.25, -0.2) is 13.1 Å². The van der Waals surface area contributed by atoms with Gasteiger partial charge in [0.2, 0.25) is 12.9 Å². The highest BCUT2D eigenvalue weighted by Crippen LogP contribution is 2.31. The number of hydrogen-bond acceptors (Lipinski definition) is 6. The van der Waals surface area contributed by atoms with Gasteiger partial charge in [0.05, 0.1) is 33.9 Å². The molecule has 0 N–H and O–H groups in total. The van der Waals surface area contributed by atoms with Gasteiger partial charge in [-0.3, -0.25) is 0 Å². The van der Waals surface area contributed by atoms with E-state index in [-0.39, 0.29) is 17.3 Å². The zero-order valence-corrected chi connectivity index (χ0v) is 13.7. The van der Waals surface area contributed by atoms with E-state index < -0.39 is 7.01 Å². The molecule has 0 radical (unpaired) electrons. The lowest BCUT2D eigenvalue weighted by molar-refractivity contribution is -0.200. The summed E-state index contributed by atoms with van der Waals surface area (Å²) in [6.45, 7) is 1.51. The Bertz CT molecular complexity index is 582. The molecule has 2 unspecified atom stereocenters. The lowest BCUT2D eigenvalue weighted by Crippen LogP contribution is -2.37. The molecule has 9 heteroatoms. The molecular weight excluding hydrogens is 399 g/mol. The molecule has 1 aromatic heterocycles. The fourth-order valence-corrected chi connectivity index (χ4v) is 3.79. The van der Waals surface area contributed by atoms with Crippen molar-refractivity contribution in [2.24, 2.45) is 0 Å². The van der Waals surface area contributed by atoms with Crippen LogP contribution in [0.15, 0.2) is 11.1 Å². The summed E-state index contributed by atoms with van der Waals surface area (Å²) in [5, 5.41) is 4.05. The van der Waals surface area contributed by atoms with Gasteiger partial charge in [0.15, 0.2) is 11.2 Å². The van der Waals surface area contributed by atoms with E-state index in [1.807, 2.05) is 0 Å². The van der Waals surface area contributed by atoms with Crippen molar-refractivity contribution < 1.29 is 22.6 Å². The van der Waals surface area contributed by atoms with Gasteiger partial charge in [-0.2, -0.15) is 5.10 Å². The van der Waals surface area contributed by atoms with Crippen LogP contribution in [0.3, 0.4) is 0 Å². The highest BCUT2D eigenvalue weighted by atomic mass is 127. The van der Waals surface area contributed by atoms with Crippen LogP contribution in [0.2, 0.25) is 0 Å². The van der Waals surface area contributed by atoms with Crippen LogP contribution in [0.25, 0.3) is 0 Å². The Morgan fingerprint density at radius 2 is 2.30 bits per heavy atom. The molecule has 0 amide bonds. The minimum Gasteiger partial charge on any atom is -0.474 e. The molecule has 7 nitrogen and oxygen atoms in total. The van der Waals surface area contributed by atoms with Crippen LogP contribution in [0.5, 0.6) is 5.88 Å². The summed E-state index contributed by atoms with van der Waals surface area (Å²) in [5.41, 5.74) is 0. The summed E-state index contributed by atoms with van der Waals surface area (Å²) in [6, 6.07) is 0. The lowest BCUT2D eigenvalue weighted by Gasteiger charge is -2.30. The number of fused-ring (bicyclic) bond motifs is 1. The zero-order valence-electron chi connectivity index (χ0n) is 10.7. The first-order valence-corrected chi connectivity index (χ1v) is 10.5. The summed E-state index contributed by atoms with van der Waals surface area (Å²) in [5.74, 6) is 0.295. The van der Waals surface area contributed by atoms with Crippen molar-refractivity contribution in [3.8, 4) is 5.88 Å². The summed E-state index contributed by atoms with van der Waals surface area (Å²) < 4.78 is 41.5. The SMILES string of the molecule is O=S(=O)(I)c1cnn2c1OCC(OC1CCCCO1)C2. The summed E-state index contributed by atoms with van der Waals surface area (Å²) in [7, 11) is -3.35. The molecule has 20 heavy (non-hydrogen) atoms. The maximum absolute atomic E-state index is 11.6. The maximum atomic E-state index is 11.6. The second-order valence-electron chi connectivity index (χ2n) is 4.80. The Balaban J connectivity index is 1.68. The van der Waals surface area contributed by atoms with Gasteiger partial charge >= 0.3 is 0 Å². The minimum absolute atomic E-state index is 0.116. The molecule has 1 fully saturated rings. The van der Waals surface area contributed by atoms with Gasteiger partial charge in [-0.15, -0.1) is 0 Å². The third-order valence-electron chi connectivity index (χ3n) is 3.29. The first-order valence-electron chi connectivity index (χ1n) is 6.44. The molecule has 0 bridgehead atoms. The predicted octanol–water partition coefficient (Wildman–Crippen LogP) is 1.31. The molecule has 112 valence electrons. The molecule has 2 atom stereocenters. The van der Waals surface area contributed by atoms with E-state index in [1.54, 1.807) is 0 Å². The zero-order chi connectivity index (χ0) is 14.2. The van der Waals surface area contributed by atoms with Crippen LogP contribution in [0, 0.1) is 0 Å². The topological polar surface area (TPSA) is 79.7 Å². The predicted molar refractivity (Wildman–Crippen MR) is 77.4 cm³/mol. The number of hydrogen-bond donors (Lipinski definition) is 0. The van der Waals surface area contributed by atoms with E-state index >= 15 is 0 Å². The first-order chi connectivity index (χ1) is 9.54. The van der Waals surface area contributed by atoms with Crippen LogP contribution in [0.4, 0.5) is 0 Å². The number of nitrogens with zero attached hydrogens (tertiary/aromatic N) is 2. The largest absolute Gasteiger partial charge is 0.474 e. The van der Waals surface area contributed by atoms with E-state index in [0.717, 1.165) is 25.9 Å². The normalized spacial score (nSPS) is 26.9. The first kappa shape index (κ1) is 14.5. The molecule has 2 aliphatic heterocycles. The van der Waals surface area contributed by atoms with Crippen LogP contribution >= 0.6 is 21.2 Å². The van der Waals surface area contributed by atoms with E-state index in [1.165, 1.54) is 32.1 Å². The third-order valence-corrected chi connectivity index (χ3v) is 5.52. The molecule has 1 aromatic rings. The van der Waals surface area contributed by atoms with Crippen LogP contribution in [0.1, 0.15) is 19.3 Å². The van der Waals surface area contributed by atoms with Gasteiger partial charge in [0.1, 0.15) is 12.7 Å². The Morgan fingerprint density at radius 1 is 1.45 bits per heavy atom. The highest BCUT2D eigenvalue weighted by Gasteiger charge is 2.30. The summed E-state index contributed by atoms with van der Waals surface area (Å²) in [4.78, 5) is 0.116. The average Bonchev–Trinajstić information content (AvgIpc) is 2.83. The van der Waals surface area contributed by atoms with Crippen LogP contribution < -0.4 is 4.74 Å². The molecular formula is C11H15IN2O5S. The second-order valence-corrected chi connectivity index (χ2v) is 9.59. The van der Waals surface area contributed by atoms with Crippen LogP contribution in [-0.4, -0.2) is 43.8 Å². The Kier molecular flexibility index (Phi) is 4.20. The van der Waals surface area contributed by atoms with E-state index in [2.05, 4.69) is 5.10 Å². The minimum atomic E-state index is -3.35. The van der Waals surface area contributed by atoms with Crippen molar-refractivity contribution in [1.82, 2.24) is 9.78 Å². The fourth-order valence-electron chi connectivity index (χ4n) is 2.33. The Hall–Kier alpha value is -0.390. The maximum Gasteiger partial charge on any atom is 0.238 e. The third kappa shape index (κ3) is 3.10. The van der Waals surface area contributed by atoms with Crippen molar-refractivity contribution in [3.63, 3.8) is 0 Å². The quantitative estimate of drug-likeness (QED) is 0.548. The highest BCUT2D eigenvalue weighted by molar-refractivity contribution is 14.2. The van der Waals surface area contributed by atoms with Gasteiger partial charge in [0, 0.05) is 6.61 Å². The van der Waals surface area contributed by atoms with Crippen molar-refractivity contribution in [2.75, 3.05) is 13.2 Å². The van der Waals surface area contributed by atoms with E-state index in [0.29, 0.717) is 19.0 Å². The van der Waals surface area contributed by atoms with E-state index in [9.17, 15) is 8.42 Å². The average molecular weight is 414 g/mol. The van der Waals surface area contributed by atoms with Crippen molar-refractivity contribution in [3.05, 3.63) is 6.20 Å². The smallest absolute Gasteiger partial charge is 0.238 e. The van der Waals surface area contributed by atoms with Gasteiger partial charge < -0.3 is 14.2 Å². The Morgan fingerprint density at radius 3 is 3.00 bits per heavy atom. The molecule has 1 saturated heterocycles. The van der Waals surface area contributed by atoms with Crippen molar-refractivity contribution >= 4 is 28.2 Å². The molecule has 0 spiro atoms. The Labute approximate surface area is 129 Å². The second kappa shape index (κ2) is 5.78. The number of aromatic nitrogens is 2. The van der Waals surface area contributed by atoms with Gasteiger partial charge in [-0.1, -0.05) is 0 Å². The molecule has 2 aliphatic rings. The molecule has 3 heterocycles. The monoisotopic (exact) mass is 414 g/mol. The lowest BCUT2D eigenvalue weighted by atomic mass is 10.2. The van der Waals surface area contributed by atoms with Gasteiger partial charge in [-0.05, 0) is 19.3 Å². The summed E-state index contributed by atoms with van der Waals surface area (Å²) >= 11 is 1.38. The standard InChI is InChI=1S/C11H15IN2O5S/c12-20(15,16)9-5-13-14-6-8(7-18-11(9)14)19-10-3-1-2-4-17-10/h5,8,10H,1-4,6-7H2. The fraction of sp³-hybridized carbons (Fsp3) is 0.727.